The first-order chi connectivity index (χ1) is 9.60. The Morgan fingerprint density at radius 3 is 2.90 bits per heavy atom. The molecule has 5 heteroatoms. The molecule has 1 saturated carbocycles. The predicted octanol–water partition coefficient (Wildman–Crippen LogP) is 2.19. The summed E-state index contributed by atoms with van der Waals surface area (Å²) in [6.07, 6.45) is 1.60. The van der Waals surface area contributed by atoms with Crippen molar-refractivity contribution in [2.75, 3.05) is 20.2 Å². The van der Waals surface area contributed by atoms with Crippen LogP contribution in [0.5, 0.6) is 5.75 Å². The van der Waals surface area contributed by atoms with Gasteiger partial charge in [-0.25, -0.2) is 0 Å². The first-order valence-electron chi connectivity index (χ1n) is 6.91. The minimum Gasteiger partial charge on any atom is -0.496 e. The van der Waals surface area contributed by atoms with E-state index < -0.39 is 0 Å². The quantitative estimate of drug-likeness (QED) is 0.910. The maximum atomic E-state index is 12.6. The van der Waals surface area contributed by atoms with Gasteiger partial charge >= 0.3 is 0 Å². The Labute approximate surface area is 123 Å². The van der Waals surface area contributed by atoms with Gasteiger partial charge in [0.1, 0.15) is 5.75 Å². The number of aliphatic hydroxyl groups is 1. The van der Waals surface area contributed by atoms with Gasteiger partial charge in [-0.2, -0.15) is 0 Å². The summed E-state index contributed by atoms with van der Waals surface area (Å²) in [5.41, 5.74) is 0.495. The average Bonchev–Trinajstić information content (AvgIpc) is 3.00. The van der Waals surface area contributed by atoms with Crippen molar-refractivity contribution in [1.82, 2.24) is 4.90 Å². The fourth-order valence-corrected chi connectivity index (χ4v) is 3.59. The maximum Gasteiger partial charge on any atom is 0.257 e. The first kappa shape index (κ1) is 13.7. The molecule has 3 rings (SSSR count). The van der Waals surface area contributed by atoms with E-state index in [0.717, 1.165) is 19.4 Å². The van der Waals surface area contributed by atoms with Gasteiger partial charge in [-0.05, 0) is 37.0 Å². The van der Waals surface area contributed by atoms with Crippen molar-refractivity contribution >= 4 is 17.5 Å². The minimum atomic E-state index is -0.265. The van der Waals surface area contributed by atoms with Gasteiger partial charge in [0.25, 0.3) is 5.91 Å². The monoisotopic (exact) mass is 295 g/mol. The van der Waals surface area contributed by atoms with E-state index in [1.165, 1.54) is 0 Å². The number of likely N-dealkylation sites (tertiary alicyclic amines) is 1. The molecule has 0 radical (unpaired) electrons. The lowest BCUT2D eigenvalue weighted by Crippen LogP contribution is -2.31. The summed E-state index contributed by atoms with van der Waals surface area (Å²) in [6, 6.07) is 5.06. The van der Waals surface area contributed by atoms with Crippen molar-refractivity contribution in [3.05, 3.63) is 28.8 Å². The molecule has 3 atom stereocenters. The number of methoxy groups -OCH3 is 1. The first-order valence-corrected chi connectivity index (χ1v) is 7.29. The molecule has 0 aromatic heterocycles. The van der Waals surface area contributed by atoms with Crippen LogP contribution in [0.2, 0.25) is 5.02 Å². The van der Waals surface area contributed by atoms with Crippen LogP contribution < -0.4 is 4.74 Å². The number of carbonyl (C=O) groups excluding carboxylic acids is 1. The summed E-state index contributed by atoms with van der Waals surface area (Å²) < 4.78 is 5.24. The van der Waals surface area contributed by atoms with E-state index in [9.17, 15) is 9.90 Å². The molecule has 3 unspecified atom stereocenters. The number of ether oxygens (including phenoxy) is 1. The molecule has 1 heterocycles. The van der Waals surface area contributed by atoms with Crippen LogP contribution in [0.1, 0.15) is 23.2 Å². The van der Waals surface area contributed by atoms with Gasteiger partial charge in [-0.3, -0.25) is 4.79 Å². The van der Waals surface area contributed by atoms with E-state index in [2.05, 4.69) is 0 Å². The average molecular weight is 296 g/mol. The van der Waals surface area contributed by atoms with Crippen LogP contribution in [0.3, 0.4) is 0 Å². The Kier molecular flexibility index (Phi) is 3.61. The van der Waals surface area contributed by atoms with E-state index in [-0.39, 0.29) is 17.9 Å². The zero-order valence-corrected chi connectivity index (χ0v) is 12.1. The number of amides is 1. The maximum absolute atomic E-state index is 12.6. The van der Waals surface area contributed by atoms with Crippen LogP contribution in [0.25, 0.3) is 0 Å². The molecule has 0 spiro atoms. The molecule has 2 aliphatic rings. The minimum absolute atomic E-state index is 0.0639. The van der Waals surface area contributed by atoms with Crippen molar-refractivity contribution in [1.29, 1.82) is 0 Å². The standard InChI is InChI=1S/C15H18ClNO3/c1-20-14-5-3-10(16)6-11(14)15(19)17-7-9-2-4-13(18)12(9)8-17/h3,5-6,9,12-13,18H,2,4,7-8H2,1H3. The summed E-state index contributed by atoms with van der Waals surface area (Å²) in [6.45, 7) is 1.34. The second kappa shape index (κ2) is 5.26. The number of carbonyl (C=O) groups is 1. The molecule has 0 bridgehead atoms. The summed E-state index contributed by atoms with van der Waals surface area (Å²) >= 11 is 5.98. The number of nitrogens with zero attached hydrogens (tertiary/aromatic N) is 1. The molecule has 108 valence electrons. The van der Waals surface area contributed by atoms with E-state index >= 15 is 0 Å². The Balaban J connectivity index is 1.82. The molecule has 2 fully saturated rings. The van der Waals surface area contributed by atoms with Crippen LogP contribution in [-0.4, -0.2) is 42.2 Å². The van der Waals surface area contributed by atoms with E-state index in [1.54, 1.807) is 25.3 Å². The lowest BCUT2D eigenvalue weighted by Gasteiger charge is -2.20. The van der Waals surface area contributed by atoms with Gasteiger partial charge < -0.3 is 14.7 Å². The van der Waals surface area contributed by atoms with Crippen LogP contribution in [0.4, 0.5) is 0 Å². The highest BCUT2D eigenvalue weighted by Crippen LogP contribution is 2.39. The van der Waals surface area contributed by atoms with E-state index in [0.29, 0.717) is 28.8 Å². The number of halogens is 1. The predicted molar refractivity (Wildman–Crippen MR) is 76.1 cm³/mol. The van der Waals surface area contributed by atoms with Gasteiger partial charge in [0.15, 0.2) is 0 Å². The number of hydrogen-bond acceptors (Lipinski definition) is 3. The second-order valence-electron chi connectivity index (χ2n) is 5.62. The molecule has 1 saturated heterocycles. The SMILES string of the molecule is COc1ccc(Cl)cc1C(=O)N1CC2CCC(O)C2C1. The molecule has 1 aliphatic heterocycles. The van der Waals surface area contributed by atoms with Crippen LogP contribution in [0.15, 0.2) is 18.2 Å². The van der Waals surface area contributed by atoms with Crippen LogP contribution in [-0.2, 0) is 0 Å². The zero-order chi connectivity index (χ0) is 14.3. The van der Waals surface area contributed by atoms with Crippen molar-refractivity contribution < 1.29 is 14.6 Å². The Hall–Kier alpha value is -1.26. The summed E-state index contributed by atoms with van der Waals surface area (Å²) in [7, 11) is 1.54. The Bertz CT molecular complexity index is 534. The summed E-state index contributed by atoms with van der Waals surface area (Å²) in [5.74, 6) is 1.13. The number of aliphatic hydroxyl groups excluding tert-OH is 1. The third-order valence-electron chi connectivity index (χ3n) is 4.50. The molecule has 1 N–H and O–H groups in total. The highest BCUT2D eigenvalue weighted by Gasteiger charge is 2.43. The molecule has 1 amide bonds. The fourth-order valence-electron chi connectivity index (χ4n) is 3.42. The Morgan fingerprint density at radius 1 is 1.40 bits per heavy atom. The number of rotatable bonds is 2. The molecule has 4 nitrogen and oxygen atoms in total. The van der Waals surface area contributed by atoms with Crippen molar-refractivity contribution in [3.63, 3.8) is 0 Å². The molecule has 1 aromatic rings. The summed E-state index contributed by atoms with van der Waals surface area (Å²) in [4.78, 5) is 14.4. The number of hydrogen-bond donors (Lipinski definition) is 1. The second-order valence-corrected chi connectivity index (χ2v) is 6.06. The van der Waals surface area contributed by atoms with Crippen LogP contribution >= 0.6 is 11.6 Å². The van der Waals surface area contributed by atoms with Gasteiger partial charge in [0.05, 0.1) is 18.8 Å². The largest absolute Gasteiger partial charge is 0.496 e. The van der Waals surface area contributed by atoms with Gasteiger partial charge in [-0.15, -0.1) is 0 Å². The molecular formula is C15H18ClNO3. The highest BCUT2D eigenvalue weighted by atomic mass is 35.5. The van der Waals surface area contributed by atoms with Crippen LogP contribution in [0, 0.1) is 11.8 Å². The molecule has 1 aromatic carbocycles. The van der Waals surface area contributed by atoms with Gasteiger partial charge in [0, 0.05) is 24.0 Å². The van der Waals surface area contributed by atoms with Crippen molar-refractivity contribution in [2.24, 2.45) is 11.8 Å². The molecule has 20 heavy (non-hydrogen) atoms. The third-order valence-corrected chi connectivity index (χ3v) is 4.73. The zero-order valence-electron chi connectivity index (χ0n) is 11.4. The molecule has 1 aliphatic carbocycles. The number of benzene rings is 1. The lowest BCUT2D eigenvalue weighted by molar-refractivity contribution is 0.0749. The van der Waals surface area contributed by atoms with Crippen molar-refractivity contribution in [3.8, 4) is 5.75 Å². The van der Waals surface area contributed by atoms with Gasteiger partial charge in [-0.1, -0.05) is 11.6 Å². The lowest BCUT2D eigenvalue weighted by atomic mass is 10.00. The third kappa shape index (κ3) is 2.27. The smallest absolute Gasteiger partial charge is 0.257 e. The molecular weight excluding hydrogens is 278 g/mol. The van der Waals surface area contributed by atoms with Gasteiger partial charge in [0.2, 0.25) is 0 Å². The van der Waals surface area contributed by atoms with E-state index in [1.807, 2.05) is 4.90 Å². The van der Waals surface area contributed by atoms with E-state index in [4.69, 9.17) is 16.3 Å². The topological polar surface area (TPSA) is 49.8 Å². The highest BCUT2D eigenvalue weighted by molar-refractivity contribution is 6.31. The fraction of sp³-hybridized carbons (Fsp3) is 0.533. The Morgan fingerprint density at radius 2 is 2.20 bits per heavy atom. The normalized spacial score (nSPS) is 28.6. The number of fused-ring (bicyclic) bond motifs is 1. The summed E-state index contributed by atoms with van der Waals surface area (Å²) in [5, 5.41) is 10.5. The van der Waals surface area contributed by atoms with Crippen molar-refractivity contribution in [2.45, 2.75) is 18.9 Å².